The summed E-state index contributed by atoms with van der Waals surface area (Å²) in [5, 5.41) is 7.70. The number of carbonyl (C=O) groups excluding carboxylic acids is 2. The number of ether oxygens (including phenoxy) is 1. The summed E-state index contributed by atoms with van der Waals surface area (Å²) in [5.41, 5.74) is 6.06. The molecule has 188 valence electrons. The molecule has 0 bridgehead atoms. The number of aromatic nitrogens is 2. The molecule has 3 aromatic rings. The second-order valence-electron chi connectivity index (χ2n) is 9.37. The third-order valence-electron chi connectivity index (χ3n) is 6.90. The van der Waals surface area contributed by atoms with Gasteiger partial charge in [-0.15, -0.1) is 0 Å². The molecule has 9 heteroatoms. The smallest absolute Gasteiger partial charge is 0.250 e. The first-order valence-corrected chi connectivity index (χ1v) is 13.0. The Labute approximate surface area is 221 Å². The lowest BCUT2D eigenvalue weighted by molar-refractivity contribution is -0.128. The van der Waals surface area contributed by atoms with Crippen molar-refractivity contribution in [3.63, 3.8) is 0 Å². The molecule has 7 nitrogen and oxygen atoms in total. The number of fused-ring (bicyclic) bond motifs is 1. The highest BCUT2D eigenvalue weighted by molar-refractivity contribution is 9.11. The van der Waals surface area contributed by atoms with Gasteiger partial charge in [-0.25, -0.2) is 9.07 Å². The molecule has 3 heterocycles. The van der Waals surface area contributed by atoms with Gasteiger partial charge in [0, 0.05) is 35.3 Å². The van der Waals surface area contributed by atoms with Gasteiger partial charge in [-0.3, -0.25) is 9.59 Å². The number of anilines is 1. The molecule has 1 N–H and O–H groups in total. The largest absolute Gasteiger partial charge is 0.344 e. The Morgan fingerprint density at radius 1 is 1.11 bits per heavy atom. The Kier molecular flexibility index (Phi) is 6.26. The van der Waals surface area contributed by atoms with Gasteiger partial charge in [-0.2, -0.15) is 5.10 Å². The van der Waals surface area contributed by atoms with E-state index in [1.807, 2.05) is 41.2 Å². The molecule has 2 aromatic carbocycles. The summed E-state index contributed by atoms with van der Waals surface area (Å²) in [5.74, 6) is -0.420. The monoisotopic (exact) mass is 562 g/mol. The fraction of sp³-hybridized carbons (Fsp3) is 0.250. The van der Waals surface area contributed by atoms with Crippen LogP contribution in [-0.4, -0.2) is 39.6 Å². The average molecular weight is 563 g/mol. The minimum absolute atomic E-state index is 0.00315. The number of hydrogen-bond donors (Lipinski definition) is 1. The van der Waals surface area contributed by atoms with Crippen LogP contribution in [0, 0.1) is 5.82 Å². The molecule has 1 fully saturated rings. The highest BCUT2D eigenvalue weighted by Crippen LogP contribution is 2.36. The molecule has 0 saturated carbocycles. The second-order valence-corrected chi connectivity index (χ2v) is 10.4. The van der Waals surface area contributed by atoms with Crippen LogP contribution in [0.5, 0.6) is 0 Å². The third kappa shape index (κ3) is 4.76. The minimum Gasteiger partial charge on any atom is -0.344 e. The zero-order valence-corrected chi connectivity index (χ0v) is 21.5. The SMILES string of the molecule is O=C1Cc2cc(CCN3C(=O)CO[C@H]3c3cn(C4=CC=C(Br)CC4)nc3-c3ccc(F)cc3)ccc2N1. The fourth-order valence-corrected chi connectivity index (χ4v) is 5.31. The molecule has 37 heavy (non-hydrogen) atoms. The Balaban J connectivity index is 1.31. The van der Waals surface area contributed by atoms with Crippen molar-refractivity contribution < 1.29 is 18.7 Å². The van der Waals surface area contributed by atoms with E-state index < -0.39 is 6.23 Å². The molecule has 1 aliphatic carbocycles. The molecule has 1 saturated heterocycles. The van der Waals surface area contributed by atoms with Crippen molar-refractivity contribution in [3.05, 3.63) is 87.8 Å². The third-order valence-corrected chi connectivity index (χ3v) is 7.56. The Bertz CT molecular complexity index is 1460. The predicted octanol–water partition coefficient (Wildman–Crippen LogP) is 5.20. The number of carbonyl (C=O) groups is 2. The van der Waals surface area contributed by atoms with Crippen LogP contribution in [0.25, 0.3) is 17.0 Å². The Morgan fingerprint density at radius 3 is 2.73 bits per heavy atom. The lowest BCUT2D eigenvalue weighted by atomic mass is 10.0. The van der Waals surface area contributed by atoms with Gasteiger partial charge >= 0.3 is 0 Å². The first-order chi connectivity index (χ1) is 17.9. The van der Waals surface area contributed by atoms with E-state index in [9.17, 15) is 14.0 Å². The summed E-state index contributed by atoms with van der Waals surface area (Å²) in [7, 11) is 0. The van der Waals surface area contributed by atoms with Crippen molar-refractivity contribution in [1.82, 2.24) is 14.7 Å². The zero-order chi connectivity index (χ0) is 25.5. The number of amides is 2. The maximum atomic E-state index is 13.7. The maximum absolute atomic E-state index is 13.7. The first-order valence-electron chi connectivity index (χ1n) is 12.2. The Hall–Kier alpha value is -3.56. The molecule has 6 rings (SSSR count). The van der Waals surface area contributed by atoms with E-state index in [1.54, 1.807) is 17.0 Å². The molecule has 2 aliphatic heterocycles. The van der Waals surface area contributed by atoms with E-state index >= 15 is 0 Å². The van der Waals surface area contributed by atoms with Gasteiger partial charge in [-0.05, 0) is 71.3 Å². The van der Waals surface area contributed by atoms with E-state index in [4.69, 9.17) is 9.84 Å². The van der Waals surface area contributed by atoms with Crippen LogP contribution in [0.4, 0.5) is 10.1 Å². The van der Waals surface area contributed by atoms with Gasteiger partial charge in [0.1, 0.15) is 18.1 Å². The molecular weight excluding hydrogens is 539 g/mol. The standard InChI is InChI=1S/C28H24BrFN4O3/c29-20-4-8-22(9-5-20)34-15-23(27(32-34)18-2-6-21(30)7-3-18)28-33(26(36)16-37-28)12-11-17-1-10-24-19(13-17)14-25(35)31-24/h1-4,6-8,10,13,15,28H,5,9,11-12,14,16H2,(H,31,35)/t28-/m0/s1. The summed E-state index contributed by atoms with van der Waals surface area (Å²) in [6.45, 7) is 0.440. The van der Waals surface area contributed by atoms with Crippen molar-refractivity contribution in [2.45, 2.75) is 31.9 Å². The minimum atomic E-state index is -0.606. The fourth-order valence-electron chi connectivity index (χ4n) is 4.98. The molecular formula is C28H24BrFN4O3. The molecule has 0 unspecified atom stereocenters. The van der Waals surface area contributed by atoms with Crippen LogP contribution < -0.4 is 5.32 Å². The van der Waals surface area contributed by atoms with Crippen LogP contribution in [0.2, 0.25) is 0 Å². The lowest BCUT2D eigenvalue weighted by Gasteiger charge is -2.23. The van der Waals surface area contributed by atoms with Gasteiger partial charge < -0.3 is 15.0 Å². The quantitative estimate of drug-likeness (QED) is 0.448. The number of rotatable bonds is 6. The zero-order valence-electron chi connectivity index (χ0n) is 19.9. The molecule has 0 radical (unpaired) electrons. The summed E-state index contributed by atoms with van der Waals surface area (Å²) >= 11 is 3.54. The number of halogens is 2. The highest BCUT2D eigenvalue weighted by Gasteiger charge is 2.36. The average Bonchev–Trinajstić information content (AvgIpc) is 3.59. The van der Waals surface area contributed by atoms with E-state index in [0.717, 1.165) is 51.0 Å². The van der Waals surface area contributed by atoms with Crippen LogP contribution >= 0.6 is 15.9 Å². The van der Waals surface area contributed by atoms with E-state index in [0.29, 0.717) is 25.1 Å². The number of allylic oxidation sites excluding steroid dienone is 4. The van der Waals surface area contributed by atoms with Crippen molar-refractivity contribution in [3.8, 4) is 11.3 Å². The summed E-state index contributed by atoms with van der Waals surface area (Å²) in [6, 6.07) is 12.1. The number of benzene rings is 2. The first kappa shape index (κ1) is 23.8. The molecule has 1 aromatic heterocycles. The number of hydrogen-bond acceptors (Lipinski definition) is 4. The topological polar surface area (TPSA) is 76.5 Å². The summed E-state index contributed by atoms with van der Waals surface area (Å²) < 4.78 is 22.6. The number of nitrogens with one attached hydrogen (secondary N) is 1. The van der Waals surface area contributed by atoms with E-state index in [1.165, 1.54) is 12.1 Å². The van der Waals surface area contributed by atoms with Crippen LogP contribution in [-0.2, 0) is 27.2 Å². The van der Waals surface area contributed by atoms with Crippen LogP contribution in [0.3, 0.4) is 0 Å². The van der Waals surface area contributed by atoms with Gasteiger partial charge in [0.25, 0.3) is 5.91 Å². The van der Waals surface area contributed by atoms with Crippen molar-refractivity contribution >= 4 is 39.1 Å². The molecule has 0 spiro atoms. The van der Waals surface area contributed by atoms with Gasteiger partial charge in [0.15, 0.2) is 6.23 Å². The van der Waals surface area contributed by atoms with Crippen molar-refractivity contribution in [1.29, 1.82) is 0 Å². The molecule has 1 atom stereocenters. The van der Waals surface area contributed by atoms with Crippen LogP contribution in [0.15, 0.2) is 65.3 Å². The molecule has 2 amide bonds. The number of nitrogens with zero attached hydrogens (tertiary/aromatic N) is 3. The summed E-state index contributed by atoms with van der Waals surface area (Å²) in [4.78, 5) is 26.3. The van der Waals surface area contributed by atoms with Crippen LogP contribution in [0.1, 0.15) is 35.8 Å². The van der Waals surface area contributed by atoms with Crippen molar-refractivity contribution in [2.24, 2.45) is 0 Å². The van der Waals surface area contributed by atoms with Crippen molar-refractivity contribution in [2.75, 3.05) is 18.5 Å². The second kappa shape index (κ2) is 9.72. The predicted molar refractivity (Wildman–Crippen MR) is 141 cm³/mol. The lowest BCUT2D eigenvalue weighted by Crippen LogP contribution is -2.30. The van der Waals surface area contributed by atoms with E-state index in [-0.39, 0.29) is 24.2 Å². The van der Waals surface area contributed by atoms with E-state index in [2.05, 4.69) is 21.2 Å². The van der Waals surface area contributed by atoms with Gasteiger partial charge in [0.2, 0.25) is 5.91 Å². The Morgan fingerprint density at radius 2 is 1.95 bits per heavy atom. The normalized spacial score (nSPS) is 19.1. The van der Waals surface area contributed by atoms with Gasteiger partial charge in [0.05, 0.1) is 6.42 Å². The van der Waals surface area contributed by atoms with Gasteiger partial charge in [-0.1, -0.05) is 34.1 Å². The summed E-state index contributed by atoms with van der Waals surface area (Å²) in [6.07, 6.45) is 8.02. The highest BCUT2D eigenvalue weighted by atomic mass is 79.9. The maximum Gasteiger partial charge on any atom is 0.250 e. The molecule has 3 aliphatic rings.